The number of nitrogens with zero attached hydrogens (tertiary/aromatic N) is 3. The van der Waals surface area contributed by atoms with Crippen molar-refractivity contribution in [1.29, 1.82) is 0 Å². The van der Waals surface area contributed by atoms with Crippen LogP contribution in [0.1, 0.15) is 86.7 Å². The molecule has 244 valence electrons. The number of carbonyl (C=O) groups is 1. The Morgan fingerprint density at radius 1 is 1.24 bits per heavy atom. The molecule has 0 unspecified atom stereocenters. The van der Waals surface area contributed by atoms with E-state index >= 15 is 4.39 Å². The van der Waals surface area contributed by atoms with Crippen molar-refractivity contribution in [1.82, 2.24) is 14.8 Å². The lowest BCUT2D eigenvalue weighted by Gasteiger charge is -2.36. The zero-order valence-corrected chi connectivity index (χ0v) is 26.5. The number of rotatable bonds is 13. The predicted molar refractivity (Wildman–Crippen MR) is 169 cm³/mol. The maximum absolute atomic E-state index is 15.1. The van der Waals surface area contributed by atoms with Gasteiger partial charge in [0.1, 0.15) is 11.9 Å². The number of alkyl halides is 2. The first-order chi connectivity index (χ1) is 21.6. The van der Waals surface area contributed by atoms with Gasteiger partial charge in [0.15, 0.2) is 11.6 Å². The number of pyridine rings is 1. The normalized spacial score (nSPS) is 20.0. The van der Waals surface area contributed by atoms with E-state index < -0.39 is 23.8 Å². The monoisotopic (exact) mass is 626 g/mol. The van der Waals surface area contributed by atoms with Gasteiger partial charge in [-0.25, -0.2) is 18.2 Å². The van der Waals surface area contributed by atoms with Crippen LogP contribution in [0.2, 0.25) is 0 Å². The van der Waals surface area contributed by atoms with E-state index in [-0.39, 0.29) is 29.7 Å². The third kappa shape index (κ3) is 7.83. The minimum atomic E-state index is -2.93. The van der Waals surface area contributed by atoms with Gasteiger partial charge in [-0.3, -0.25) is 9.69 Å². The average Bonchev–Trinajstić information content (AvgIpc) is 3.47. The molecule has 0 radical (unpaired) electrons. The summed E-state index contributed by atoms with van der Waals surface area (Å²) in [5.74, 6) is -3.71. The second kappa shape index (κ2) is 14.3. The van der Waals surface area contributed by atoms with E-state index in [1.54, 1.807) is 12.1 Å². The van der Waals surface area contributed by atoms with E-state index in [1.165, 1.54) is 24.8 Å². The second-order valence-corrected chi connectivity index (χ2v) is 12.8. The van der Waals surface area contributed by atoms with Crippen LogP contribution in [0.25, 0.3) is 0 Å². The highest BCUT2D eigenvalue weighted by molar-refractivity contribution is 5.77. The molecule has 1 aromatic carbocycles. The fraction of sp³-hybridized carbons (Fsp3) is 0.543. The molecule has 2 aromatic rings. The summed E-state index contributed by atoms with van der Waals surface area (Å²) in [6, 6.07) is 6.09. The molecule has 3 heterocycles. The Balaban J connectivity index is 1.28. The number of aromatic nitrogens is 1. The van der Waals surface area contributed by atoms with E-state index in [9.17, 15) is 18.7 Å². The molecular weight excluding hydrogens is 581 g/mol. The number of nitrogens with one attached hydrogen (secondary N) is 1. The van der Waals surface area contributed by atoms with Crippen LogP contribution < -0.4 is 10.1 Å². The maximum Gasteiger partial charge on any atom is 0.325 e. The Morgan fingerprint density at radius 3 is 2.80 bits per heavy atom. The predicted octanol–water partition coefficient (Wildman–Crippen LogP) is 7.10. The summed E-state index contributed by atoms with van der Waals surface area (Å²) < 4.78 is 49.4. The maximum atomic E-state index is 15.1. The molecule has 1 aromatic heterocycles. The number of likely N-dealkylation sites (tertiary alicyclic amines) is 1. The molecule has 0 amide bonds. The number of ether oxygens (including phenoxy) is 1. The van der Waals surface area contributed by atoms with Crippen LogP contribution in [0.3, 0.4) is 0 Å². The minimum Gasteiger partial charge on any atom is -0.493 e. The number of methoxy groups -OCH3 is 1. The van der Waals surface area contributed by atoms with Crippen molar-refractivity contribution in [2.24, 2.45) is 0 Å². The van der Waals surface area contributed by atoms with Crippen molar-refractivity contribution >= 4 is 11.8 Å². The second-order valence-electron chi connectivity index (χ2n) is 12.8. The van der Waals surface area contributed by atoms with E-state index in [2.05, 4.69) is 22.3 Å². The standard InChI is InChI=1S/C35H45F3N4O3/c1-23(2)25-19-29(32(45-3)30(36)20-25)31(34(43)44)41-18-14-28(22-41)42(27-11-7-15-35(37,38)21-27)17-6-4-5-10-26-13-12-24-9-8-16-39-33(24)40-26/h7,11-13,15,19-20,23,28,31H,4-6,8-10,14,16-18,21-22H2,1-3H3,(H,39,40)(H,43,44)/t28-,31-/m0/s1. The van der Waals surface area contributed by atoms with Crippen LogP contribution in [0.15, 0.2) is 48.2 Å². The number of carboxylic acid groups (broad SMARTS) is 1. The fourth-order valence-corrected chi connectivity index (χ4v) is 6.82. The number of halogens is 3. The third-order valence-corrected chi connectivity index (χ3v) is 9.19. The van der Waals surface area contributed by atoms with Crippen molar-refractivity contribution < 1.29 is 27.8 Å². The Morgan fingerprint density at radius 2 is 2.07 bits per heavy atom. The lowest BCUT2D eigenvalue weighted by molar-refractivity contribution is -0.143. The molecule has 2 aliphatic heterocycles. The number of aliphatic carboxylic acids is 1. The van der Waals surface area contributed by atoms with Gasteiger partial charge in [-0.05, 0) is 85.9 Å². The van der Waals surface area contributed by atoms with Gasteiger partial charge in [0.05, 0.1) is 13.5 Å². The summed E-state index contributed by atoms with van der Waals surface area (Å²) in [5.41, 5.74) is 3.85. The summed E-state index contributed by atoms with van der Waals surface area (Å²) >= 11 is 0. The number of aryl methyl sites for hydroxylation is 2. The molecule has 10 heteroatoms. The quantitative estimate of drug-likeness (QED) is 0.230. The summed E-state index contributed by atoms with van der Waals surface area (Å²) in [4.78, 5) is 21.3. The van der Waals surface area contributed by atoms with Crippen molar-refractivity contribution in [3.05, 3.63) is 76.4 Å². The third-order valence-electron chi connectivity index (χ3n) is 9.19. The van der Waals surface area contributed by atoms with Crippen molar-refractivity contribution in [2.45, 2.75) is 89.1 Å². The topological polar surface area (TPSA) is 77.9 Å². The van der Waals surface area contributed by atoms with Crippen molar-refractivity contribution in [3.63, 3.8) is 0 Å². The molecule has 2 atom stereocenters. The molecule has 1 saturated heterocycles. The van der Waals surface area contributed by atoms with Gasteiger partial charge < -0.3 is 20.1 Å². The van der Waals surface area contributed by atoms with Crippen LogP contribution in [0, 0.1) is 5.82 Å². The number of hydrogen-bond donors (Lipinski definition) is 2. The Kier molecular flexibility index (Phi) is 10.4. The summed E-state index contributed by atoms with van der Waals surface area (Å²) in [6.45, 7) is 6.18. The number of unbranched alkanes of at least 4 members (excludes halogenated alkanes) is 2. The molecule has 7 nitrogen and oxygen atoms in total. The SMILES string of the molecule is COc1c(F)cc(C(C)C)cc1[C@@H](C(=O)O)N1CC[C@H](N(CCCCCc2ccc3c(n2)NCCC3)C2=CC=CC(F)(F)C2)C1. The van der Waals surface area contributed by atoms with Gasteiger partial charge >= 0.3 is 5.97 Å². The highest BCUT2D eigenvalue weighted by atomic mass is 19.3. The molecule has 0 saturated carbocycles. The molecule has 2 N–H and O–H groups in total. The Hall–Kier alpha value is -3.53. The molecule has 1 aliphatic carbocycles. The van der Waals surface area contributed by atoms with Gasteiger partial charge in [-0.1, -0.05) is 32.4 Å². The average molecular weight is 627 g/mol. The number of hydrogen-bond acceptors (Lipinski definition) is 6. The fourth-order valence-electron chi connectivity index (χ4n) is 6.82. The van der Waals surface area contributed by atoms with E-state index in [1.807, 2.05) is 18.7 Å². The highest BCUT2D eigenvalue weighted by Crippen LogP contribution is 2.39. The van der Waals surface area contributed by atoms with E-state index in [0.717, 1.165) is 62.7 Å². The summed E-state index contributed by atoms with van der Waals surface area (Å²) in [7, 11) is 1.34. The number of carboxylic acids is 1. The van der Waals surface area contributed by atoms with Crippen LogP contribution in [0.4, 0.5) is 19.0 Å². The van der Waals surface area contributed by atoms with E-state index in [0.29, 0.717) is 37.3 Å². The summed E-state index contributed by atoms with van der Waals surface area (Å²) in [6.07, 6.45) is 10.0. The van der Waals surface area contributed by atoms with Crippen LogP contribution in [0.5, 0.6) is 5.75 Å². The van der Waals surface area contributed by atoms with Gasteiger partial charge in [-0.15, -0.1) is 0 Å². The molecular formula is C35H45F3N4O3. The largest absolute Gasteiger partial charge is 0.493 e. The van der Waals surface area contributed by atoms with E-state index in [4.69, 9.17) is 9.72 Å². The molecule has 0 bridgehead atoms. The lowest BCUT2D eigenvalue weighted by atomic mass is 9.95. The first-order valence-corrected chi connectivity index (χ1v) is 16.2. The van der Waals surface area contributed by atoms with Gasteiger partial charge in [0.2, 0.25) is 0 Å². The summed E-state index contributed by atoms with van der Waals surface area (Å²) in [5, 5.41) is 13.7. The van der Waals surface area contributed by atoms with Crippen molar-refractivity contribution in [3.8, 4) is 5.75 Å². The van der Waals surface area contributed by atoms with Gasteiger partial charge in [-0.2, -0.15) is 0 Å². The molecule has 45 heavy (non-hydrogen) atoms. The van der Waals surface area contributed by atoms with Crippen molar-refractivity contribution in [2.75, 3.05) is 38.6 Å². The molecule has 1 fully saturated rings. The van der Waals surface area contributed by atoms with Crippen LogP contribution in [-0.2, 0) is 17.6 Å². The van der Waals surface area contributed by atoms with Gasteiger partial charge in [0, 0.05) is 49.2 Å². The lowest BCUT2D eigenvalue weighted by Crippen LogP contribution is -2.41. The first-order valence-electron chi connectivity index (χ1n) is 16.2. The van der Waals surface area contributed by atoms with Crippen LogP contribution in [-0.4, -0.2) is 71.1 Å². The highest BCUT2D eigenvalue weighted by Gasteiger charge is 2.40. The number of benzene rings is 1. The Bertz CT molecular complexity index is 1430. The zero-order chi connectivity index (χ0) is 32.1. The first kappa shape index (κ1) is 32.9. The molecule has 3 aliphatic rings. The number of fused-ring (bicyclic) bond motifs is 1. The van der Waals surface area contributed by atoms with Crippen LogP contribution >= 0.6 is 0 Å². The number of allylic oxidation sites excluding steroid dienone is 4. The Labute approximate surface area is 264 Å². The van der Waals surface area contributed by atoms with Gasteiger partial charge in [0.25, 0.3) is 5.92 Å². The molecule has 5 rings (SSSR count). The number of anilines is 1. The molecule has 0 spiro atoms. The zero-order valence-electron chi connectivity index (χ0n) is 26.5. The minimum absolute atomic E-state index is 0.00641. The smallest absolute Gasteiger partial charge is 0.325 e.